The number of aromatic nitrogens is 6. The SMILES string of the molecule is CC(C)C[C@@H](CC#C[Si](C)(C)C)n1cc(C[C@H](C(C)C)n2cc(C[C@H](O)Cc3ccccc3)nn2)nn1. The zero-order chi connectivity index (χ0) is 27.0. The average Bonchev–Trinajstić information content (AvgIpc) is 3.46. The minimum atomic E-state index is -1.40. The second kappa shape index (κ2) is 13.2. The van der Waals surface area contributed by atoms with Gasteiger partial charge in [-0.15, -0.1) is 21.7 Å². The topological polar surface area (TPSA) is 81.7 Å². The van der Waals surface area contributed by atoms with Crippen LogP contribution in [0, 0.1) is 23.3 Å². The van der Waals surface area contributed by atoms with E-state index in [1.54, 1.807) is 0 Å². The minimum Gasteiger partial charge on any atom is -0.392 e. The minimum absolute atomic E-state index is 0.105. The smallest absolute Gasteiger partial charge is 0.129 e. The van der Waals surface area contributed by atoms with Gasteiger partial charge in [-0.3, -0.25) is 0 Å². The van der Waals surface area contributed by atoms with Gasteiger partial charge >= 0.3 is 0 Å². The largest absolute Gasteiger partial charge is 0.392 e. The predicted molar refractivity (Wildman–Crippen MR) is 152 cm³/mol. The maximum absolute atomic E-state index is 10.6. The van der Waals surface area contributed by atoms with Crippen molar-refractivity contribution < 1.29 is 5.11 Å². The molecule has 200 valence electrons. The van der Waals surface area contributed by atoms with Crippen molar-refractivity contribution in [3.05, 3.63) is 59.7 Å². The van der Waals surface area contributed by atoms with Crippen molar-refractivity contribution in [2.75, 3.05) is 0 Å². The molecule has 0 bridgehead atoms. The highest BCUT2D eigenvalue weighted by molar-refractivity contribution is 6.83. The first-order chi connectivity index (χ1) is 17.5. The predicted octanol–water partition coefficient (Wildman–Crippen LogP) is 5.31. The molecule has 3 rings (SSSR count). The molecular formula is C29H44N6OSi. The maximum atomic E-state index is 10.6. The number of hydrogen-bond acceptors (Lipinski definition) is 5. The van der Waals surface area contributed by atoms with E-state index >= 15 is 0 Å². The van der Waals surface area contributed by atoms with Crippen LogP contribution in [0.25, 0.3) is 0 Å². The van der Waals surface area contributed by atoms with Crippen LogP contribution in [0.2, 0.25) is 19.6 Å². The Hall–Kier alpha value is -2.76. The lowest BCUT2D eigenvalue weighted by atomic mass is 9.99. The molecule has 0 unspecified atom stereocenters. The summed E-state index contributed by atoms with van der Waals surface area (Å²) in [6.45, 7) is 15.7. The van der Waals surface area contributed by atoms with Gasteiger partial charge in [-0.1, -0.05) is 88.1 Å². The van der Waals surface area contributed by atoms with Crippen molar-refractivity contribution in [3.63, 3.8) is 0 Å². The zero-order valence-electron chi connectivity index (χ0n) is 23.6. The van der Waals surface area contributed by atoms with Gasteiger partial charge < -0.3 is 5.11 Å². The second-order valence-electron chi connectivity index (χ2n) is 12.0. The fraction of sp³-hybridized carbons (Fsp3) is 0.586. The lowest BCUT2D eigenvalue weighted by molar-refractivity contribution is 0.174. The van der Waals surface area contributed by atoms with Gasteiger partial charge in [0.1, 0.15) is 8.07 Å². The summed E-state index contributed by atoms with van der Waals surface area (Å²) in [5.74, 6) is 4.33. The summed E-state index contributed by atoms with van der Waals surface area (Å²) in [4.78, 5) is 0. The van der Waals surface area contributed by atoms with Crippen molar-refractivity contribution >= 4 is 8.07 Å². The summed E-state index contributed by atoms with van der Waals surface area (Å²) in [5, 5.41) is 28.4. The van der Waals surface area contributed by atoms with Crippen LogP contribution in [0.5, 0.6) is 0 Å². The Morgan fingerprint density at radius 3 is 2.11 bits per heavy atom. The van der Waals surface area contributed by atoms with E-state index in [1.165, 1.54) is 0 Å². The third kappa shape index (κ3) is 9.56. The van der Waals surface area contributed by atoms with Crippen LogP contribution in [-0.4, -0.2) is 49.3 Å². The normalized spacial score (nSPS) is 14.4. The maximum Gasteiger partial charge on any atom is 0.129 e. The number of aliphatic hydroxyl groups is 1. The molecule has 2 heterocycles. The van der Waals surface area contributed by atoms with Gasteiger partial charge in [0, 0.05) is 31.7 Å². The summed E-state index contributed by atoms with van der Waals surface area (Å²) in [5.41, 5.74) is 6.36. The van der Waals surface area contributed by atoms with E-state index in [2.05, 4.69) is 85.6 Å². The van der Waals surface area contributed by atoms with Gasteiger partial charge in [-0.2, -0.15) is 0 Å². The van der Waals surface area contributed by atoms with E-state index in [0.29, 0.717) is 24.7 Å². The van der Waals surface area contributed by atoms with E-state index in [-0.39, 0.29) is 12.1 Å². The summed E-state index contributed by atoms with van der Waals surface area (Å²) in [6.07, 6.45) is 7.19. The number of aliphatic hydroxyl groups excluding tert-OH is 1. The Kier molecular flexibility index (Phi) is 10.2. The molecule has 8 heteroatoms. The highest BCUT2D eigenvalue weighted by Crippen LogP contribution is 2.24. The summed E-state index contributed by atoms with van der Waals surface area (Å²) in [7, 11) is -1.40. The van der Waals surface area contributed by atoms with E-state index in [4.69, 9.17) is 0 Å². The highest BCUT2D eigenvalue weighted by atomic mass is 28.3. The van der Waals surface area contributed by atoms with E-state index in [9.17, 15) is 5.11 Å². The van der Waals surface area contributed by atoms with Gasteiger partial charge in [0.2, 0.25) is 0 Å². The molecule has 3 aromatic rings. The lowest BCUT2D eigenvalue weighted by Gasteiger charge is -2.19. The summed E-state index contributed by atoms with van der Waals surface area (Å²) >= 11 is 0. The third-order valence-electron chi connectivity index (χ3n) is 6.32. The molecule has 1 N–H and O–H groups in total. The van der Waals surface area contributed by atoms with E-state index in [1.807, 2.05) is 45.9 Å². The molecule has 3 atom stereocenters. The van der Waals surface area contributed by atoms with Crippen LogP contribution >= 0.6 is 0 Å². The Morgan fingerprint density at radius 1 is 0.865 bits per heavy atom. The molecule has 1 aromatic carbocycles. The number of nitrogens with zero attached hydrogens (tertiary/aromatic N) is 6. The molecule has 0 aliphatic rings. The molecule has 2 aromatic heterocycles. The van der Waals surface area contributed by atoms with Gasteiger partial charge in [0.25, 0.3) is 0 Å². The first kappa shape index (κ1) is 28.8. The molecular weight excluding hydrogens is 476 g/mol. The molecule has 0 radical (unpaired) electrons. The molecule has 0 amide bonds. The van der Waals surface area contributed by atoms with Crippen LogP contribution in [0.4, 0.5) is 0 Å². The second-order valence-corrected chi connectivity index (χ2v) is 16.7. The van der Waals surface area contributed by atoms with Gasteiger partial charge in [0.15, 0.2) is 0 Å². The summed E-state index contributed by atoms with van der Waals surface area (Å²) < 4.78 is 3.94. The molecule has 0 fully saturated rings. The van der Waals surface area contributed by atoms with Gasteiger partial charge in [0.05, 0.1) is 29.6 Å². The lowest BCUT2D eigenvalue weighted by Crippen LogP contribution is -2.19. The Labute approximate surface area is 223 Å². The van der Waals surface area contributed by atoms with Gasteiger partial charge in [-0.25, -0.2) is 9.36 Å². The average molecular weight is 521 g/mol. The number of rotatable bonds is 12. The van der Waals surface area contributed by atoms with E-state index < -0.39 is 14.2 Å². The molecule has 37 heavy (non-hydrogen) atoms. The zero-order valence-corrected chi connectivity index (χ0v) is 24.6. The Balaban J connectivity index is 1.67. The highest BCUT2D eigenvalue weighted by Gasteiger charge is 2.22. The van der Waals surface area contributed by atoms with Crippen molar-refractivity contribution in [2.24, 2.45) is 11.8 Å². The van der Waals surface area contributed by atoms with Crippen molar-refractivity contribution in [1.82, 2.24) is 30.0 Å². The Bertz CT molecular complexity index is 1150. The van der Waals surface area contributed by atoms with Crippen LogP contribution < -0.4 is 0 Å². The third-order valence-corrected chi connectivity index (χ3v) is 7.25. The van der Waals surface area contributed by atoms with Crippen LogP contribution in [-0.2, 0) is 19.3 Å². The first-order valence-corrected chi connectivity index (χ1v) is 17.0. The summed E-state index contributed by atoms with van der Waals surface area (Å²) in [6, 6.07) is 10.4. The standard InChI is InChI=1S/C29H44N6OSi/c1-22(2)16-27(14-11-15-37(5,6)7)34-20-26(31-32-34)19-29(23(3)4)35-21-25(30-33-35)18-28(36)17-24-12-9-8-10-13-24/h8-10,12-13,20-23,27-29,36H,14,16-19H2,1-7H3/t27-,28-,29-/m1/s1. The Morgan fingerprint density at radius 2 is 1.49 bits per heavy atom. The van der Waals surface area contributed by atoms with Gasteiger partial charge in [-0.05, 0) is 30.2 Å². The fourth-order valence-electron chi connectivity index (χ4n) is 4.47. The number of hydrogen-bond donors (Lipinski definition) is 1. The van der Waals surface area contributed by atoms with Crippen molar-refractivity contribution in [1.29, 1.82) is 0 Å². The van der Waals surface area contributed by atoms with E-state index in [0.717, 1.165) is 36.2 Å². The van der Waals surface area contributed by atoms with Crippen molar-refractivity contribution in [3.8, 4) is 11.5 Å². The van der Waals surface area contributed by atoms with Crippen LogP contribution in [0.15, 0.2) is 42.7 Å². The molecule has 0 saturated heterocycles. The van der Waals surface area contributed by atoms with Crippen LogP contribution in [0.1, 0.15) is 69.6 Å². The monoisotopic (exact) mass is 520 g/mol. The molecule has 0 saturated carbocycles. The molecule has 0 aliphatic carbocycles. The first-order valence-electron chi connectivity index (χ1n) is 13.5. The van der Waals surface area contributed by atoms with Crippen molar-refractivity contribution in [2.45, 2.75) is 97.6 Å². The quantitative estimate of drug-likeness (QED) is 0.258. The molecule has 0 aliphatic heterocycles. The molecule has 0 spiro atoms. The number of benzene rings is 1. The molecule has 7 nitrogen and oxygen atoms in total. The van der Waals surface area contributed by atoms with Crippen LogP contribution in [0.3, 0.4) is 0 Å². The fourth-order valence-corrected chi connectivity index (χ4v) is 5.10.